The summed E-state index contributed by atoms with van der Waals surface area (Å²) >= 11 is 0. The first-order valence-electron chi connectivity index (χ1n) is 9.17. The summed E-state index contributed by atoms with van der Waals surface area (Å²) in [6.07, 6.45) is 0. The van der Waals surface area contributed by atoms with Gasteiger partial charge in [0.2, 0.25) is 0 Å². The van der Waals surface area contributed by atoms with Gasteiger partial charge in [0.1, 0.15) is 11.5 Å². The Bertz CT molecular complexity index is 1080. The summed E-state index contributed by atoms with van der Waals surface area (Å²) in [4.78, 5) is 23.2. The van der Waals surface area contributed by atoms with Crippen LogP contribution in [0.4, 0.5) is 0 Å². The summed E-state index contributed by atoms with van der Waals surface area (Å²) in [6, 6.07) is 16.5. The molecular formula is C23H23O5P. The second kappa shape index (κ2) is 8.24. The van der Waals surface area contributed by atoms with Crippen molar-refractivity contribution in [2.24, 2.45) is 0 Å². The lowest BCUT2D eigenvalue weighted by atomic mass is 9.89. The first-order chi connectivity index (χ1) is 13.7. The Morgan fingerprint density at radius 2 is 1.34 bits per heavy atom. The Kier molecular flexibility index (Phi) is 5.92. The summed E-state index contributed by atoms with van der Waals surface area (Å²) < 4.78 is 22.6. The molecule has 0 saturated heterocycles. The number of carbonyl (C=O) groups excluding carboxylic acids is 1. The van der Waals surface area contributed by atoms with Gasteiger partial charge < -0.3 is 9.05 Å². The van der Waals surface area contributed by atoms with E-state index in [-0.39, 0.29) is 17.3 Å². The van der Waals surface area contributed by atoms with Gasteiger partial charge in [0.25, 0.3) is 0 Å². The lowest BCUT2D eigenvalue weighted by molar-refractivity contribution is 0.103. The summed E-state index contributed by atoms with van der Waals surface area (Å²) in [5.74, 6) is 0.137. The molecule has 3 aromatic rings. The highest BCUT2D eigenvalue weighted by Crippen LogP contribution is 2.44. The number of hydrogen-bond acceptors (Lipinski definition) is 4. The first kappa shape index (κ1) is 20.8. The molecule has 0 radical (unpaired) electrons. The maximum Gasteiger partial charge on any atom is 0.584 e. The molecule has 1 unspecified atom stereocenters. The van der Waals surface area contributed by atoms with E-state index in [2.05, 4.69) is 6.07 Å². The van der Waals surface area contributed by atoms with E-state index >= 15 is 0 Å². The SMILES string of the molecule is Cc1cc(C)c(C)c(C(=O)c2cccc(OP(=O)(O)Oc3ccccc3)c2)c1C. The molecule has 0 amide bonds. The molecule has 3 rings (SSSR count). The minimum Gasteiger partial charge on any atom is -0.395 e. The van der Waals surface area contributed by atoms with Gasteiger partial charge in [-0.05, 0) is 74.2 Å². The Hall–Kier alpha value is -2.88. The molecule has 1 atom stereocenters. The molecule has 0 bridgehead atoms. The minimum atomic E-state index is -4.40. The Morgan fingerprint density at radius 3 is 1.97 bits per heavy atom. The number of benzene rings is 3. The van der Waals surface area contributed by atoms with Crippen LogP contribution >= 0.6 is 7.82 Å². The number of para-hydroxylation sites is 1. The average molecular weight is 410 g/mol. The number of carbonyl (C=O) groups is 1. The van der Waals surface area contributed by atoms with Gasteiger partial charge in [-0.2, -0.15) is 0 Å². The maximum atomic E-state index is 13.2. The lowest BCUT2D eigenvalue weighted by Crippen LogP contribution is -2.09. The van der Waals surface area contributed by atoms with E-state index in [1.807, 2.05) is 27.7 Å². The van der Waals surface area contributed by atoms with Gasteiger partial charge >= 0.3 is 7.82 Å². The van der Waals surface area contributed by atoms with Crippen LogP contribution in [0, 0.1) is 27.7 Å². The molecule has 150 valence electrons. The van der Waals surface area contributed by atoms with Crippen LogP contribution in [0.3, 0.4) is 0 Å². The zero-order valence-electron chi connectivity index (χ0n) is 16.8. The van der Waals surface area contributed by atoms with Gasteiger partial charge in [0.15, 0.2) is 5.78 Å². The van der Waals surface area contributed by atoms with Crippen LogP contribution in [0.15, 0.2) is 60.7 Å². The van der Waals surface area contributed by atoms with Gasteiger partial charge in [-0.3, -0.25) is 9.69 Å². The van der Waals surface area contributed by atoms with E-state index < -0.39 is 7.82 Å². The third kappa shape index (κ3) is 4.76. The molecular weight excluding hydrogens is 387 g/mol. The third-order valence-corrected chi connectivity index (χ3v) is 5.76. The highest BCUT2D eigenvalue weighted by Gasteiger charge is 2.26. The molecule has 1 N–H and O–H groups in total. The van der Waals surface area contributed by atoms with E-state index in [0.717, 1.165) is 22.3 Å². The topological polar surface area (TPSA) is 72.8 Å². The second-order valence-electron chi connectivity index (χ2n) is 6.96. The van der Waals surface area contributed by atoms with Crippen molar-refractivity contribution in [2.45, 2.75) is 27.7 Å². The highest BCUT2D eigenvalue weighted by atomic mass is 31.2. The number of aryl methyl sites for hydroxylation is 2. The van der Waals surface area contributed by atoms with Gasteiger partial charge in [0, 0.05) is 11.1 Å². The fourth-order valence-electron chi connectivity index (χ4n) is 3.16. The number of hydrogen-bond donors (Lipinski definition) is 1. The van der Waals surface area contributed by atoms with Crippen molar-refractivity contribution in [1.82, 2.24) is 0 Å². The van der Waals surface area contributed by atoms with Crippen LogP contribution in [-0.2, 0) is 4.57 Å². The van der Waals surface area contributed by atoms with Crippen LogP contribution in [0.2, 0.25) is 0 Å². The standard InChI is InChI=1S/C23H23O5P/c1-15-13-16(2)18(4)22(17(15)3)23(24)19-9-8-12-21(14-19)28-29(25,26)27-20-10-6-5-7-11-20/h5-14H,1-4H3,(H,25,26). The molecule has 6 heteroatoms. The zero-order chi connectivity index (χ0) is 21.2. The van der Waals surface area contributed by atoms with Gasteiger partial charge in [-0.15, -0.1) is 0 Å². The van der Waals surface area contributed by atoms with E-state index in [9.17, 15) is 14.3 Å². The fraction of sp³-hybridized carbons (Fsp3) is 0.174. The van der Waals surface area contributed by atoms with Crippen molar-refractivity contribution in [2.75, 3.05) is 0 Å². The molecule has 3 aromatic carbocycles. The molecule has 0 saturated carbocycles. The van der Waals surface area contributed by atoms with Crippen LogP contribution in [0.25, 0.3) is 0 Å². The van der Waals surface area contributed by atoms with Crippen LogP contribution < -0.4 is 9.05 Å². The average Bonchev–Trinajstić information content (AvgIpc) is 2.67. The predicted octanol–water partition coefficient (Wildman–Crippen LogP) is 5.71. The smallest absolute Gasteiger partial charge is 0.395 e. The van der Waals surface area contributed by atoms with Crippen molar-refractivity contribution < 1.29 is 23.3 Å². The summed E-state index contributed by atoms with van der Waals surface area (Å²) in [5, 5.41) is 0. The summed E-state index contributed by atoms with van der Waals surface area (Å²) in [7, 11) is -4.40. The largest absolute Gasteiger partial charge is 0.584 e. The molecule has 0 fully saturated rings. The minimum absolute atomic E-state index is 0.0808. The molecule has 29 heavy (non-hydrogen) atoms. The number of phosphoric acid groups is 1. The number of rotatable bonds is 6. The number of ketones is 1. The summed E-state index contributed by atoms with van der Waals surface area (Å²) in [5.41, 5.74) is 4.94. The monoisotopic (exact) mass is 410 g/mol. The molecule has 0 aliphatic rings. The van der Waals surface area contributed by atoms with Crippen LogP contribution in [0.1, 0.15) is 38.2 Å². The maximum absolute atomic E-state index is 13.2. The van der Waals surface area contributed by atoms with Crippen LogP contribution in [-0.4, -0.2) is 10.7 Å². The first-order valence-corrected chi connectivity index (χ1v) is 10.7. The summed E-state index contributed by atoms with van der Waals surface area (Å²) in [6.45, 7) is 7.79. The van der Waals surface area contributed by atoms with E-state index in [1.165, 1.54) is 12.1 Å². The van der Waals surface area contributed by atoms with Crippen LogP contribution in [0.5, 0.6) is 11.5 Å². The molecule has 0 aliphatic carbocycles. The Labute approximate surface area is 170 Å². The predicted molar refractivity (Wildman–Crippen MR) is 113 cm³/mol. The van der Waals surface area contributed by atoms with Gasteiger partial charge in [-0.1, -0.05) is 36.4 Å². The molecule has 0 spiro atoms. The lowest BCUT2D eigenvalue weighted by Gasteiger charge is -2.16. The van der Waals surface area contributed by atoms with E-state index in [4.69, 9.17) is 9.05 Å². The fourth-order valence-corrected chi connectivity index (χ4v) is 3.97. The second-order valence-corrected chi connectivity index (χ2v) is 8.26. The van der Waals surface area contributed by atoms with Crippen molar-refractivity contribution >= 4 is 13.6 Å². The normalized spacial score (nSPS) is 12.9. The highest BCUT2D eigenvalue weighted by molar-refractivity contribution is 7.48. The molecule has 0 heterocycles. The Balaban J connectivity index is 1.89. The van der Waals surface area contributed by atoms with Crippen molar-refractivity contribution in [1.29, 1.82) is 0 Å². The third-order valence-electron chi connectivity index (χ3n) is 4.87. The quantitative estimate of drug-likeness (QED) is 0.416. The number of phosphoric ester groups is 1. The zero-order valence-corrected chi connectivity index (χ0v) is 17.7. The Morgan fingerprint density at radius 1 is 0.793 bits per heavy atom. The molecule has 0 aromatic heterocycles. The van der Waals surface area contributed by atoms with E-state index in [0.29, 0.717) is 11.1 Å². The molecule has 0 aliphatic heterocycles. The van der Waals surface area contributed by atoms with E-state index in [1.54, 1.807) is 42.5 Å². The molecule has 5 nitrogen and oxygen atoms in total. The van der Waals surface area contributed by atoms with Gasteiger partial charge in [-0.25, -0.2) is 4.57 Å². The van der Waals surface area contributed by atoms with Crippen molar-refractivity contribution in [3.05, 3.63) is 94.0 Å². The van der Waals surface area contributed by atoms with Crippen molar-refractivity contribution in [3.63, 3.8) is 0 Å². The van der Waals surface area contributed by atoms with Gasteiger partial charge in [0.05, 0.1) is 0 Å². The van der Waals surface area contributed by atoms with Crippen molar-refractivity contribution in [3.8, 4) is 11.5 Å².